The zero-order chi connectivity index (χ0) is 12.2. The molecule has 1 aromatic heterocycles. The summed E-state index contributed by atoms with van der Waals surface area (Å²) in [6, 6.07) is 3.07. The van der Waals surface area contributed by atoms with Gasteiger partial charge in [-0.2, -0.15) is 0 Å². The van der Waals surface area contributed by atoms with Gasteiger partial charge in [-0.25, -0.2) is 13.4 Å². The molecule has 0 aliphatic carbocycles. The topological polar surface area (TPSA) is 59.1 Å². The van der Waals surface area contributed by atoms with Gasteiger partial charge in [-0.3, -0.25) is 4.72 Å². The minimum atomic E-state index is -3.32. The Bertz CT molecular complexity index is 446. The molecule has 0 unspecified atom stereocenters. The Morgan fingerprint density at radius 1 is 1.50 bits per heavy atom. The normalized spacial score (nSPS) is 11.8. The van der Waals surface area contributed by atoms with Crippen molar-refractivity contribution in [3.05, 3.63) is 23.4 Å². The highest BCUT2D eigenvalue weighted by atomic mass is 35.5. The summed E-state index contributed by atoms with van der Waals surface area (Å²) in [6.45, 7) is 3.96. The molecule has 1 rings (SSSR count). The first kappa shape index (κ1) is 13.3. The number of nitrogens with zero attached hydrogens (tertiary/aromatic N) is 1. The first-order valence-corrected chi connectivity index (χ1v) is 7.04. The van der Waals surface area contributed by atoms with Crippen LogP contribution in [0.5, 0.6) is 0 Å². The molecule has 0 saturated carbocycles. The lowest BCUT2D eigenvalue weighted by Crippen LogP contribution is -2.18. The summed E-state index contributed by atoms with van der Waals surface area (Å²) in [5, 5.41) is 0.455. The molecule has 1 heterocycles. The maximum absolute atomic E-state index is 11.6. The van der Waals surface area contributed by atoms with Crippen molar-refractivity contribution in [3.8, 4) is 0 Å². The predicted molar refractivity (Wildman–Crippen MR) is 66.1 cm³/mol. The SMILES string of the molecule is CC(C)CCS(=O)(=O)Nc1cc(Cl)ccn1. The molecule has 0 spiro atoms. The molecule has 0 bridgehead atoms. The van der Waals surface area contributed by atoms with Crippen LogP contribution in [-0.2, 0) is 10.0 Å². The van der Waals surface area contributed by atoms with Crippen LogP contribution in [0.3, 0.4) is 0 Å². The maximum Gasteiger partial charge on any atom is 0.233 e. The van der Waals surface area contributed by atoms with E-state index in [0.29, 0.717) is 17.4 Å². The molecule has 0 saturated heterocycles. The Kier molecular flexibility index (Phi) is 4.56. The van der Waals surface area contributed by atoms with Crippen molar-refractivity contribution >= 4 is 27.4 Å². The van der Waals surface area contributed by atoms with Gasteiger partial charge in [0.15, 0.2) is 0 Å². The monoisotopic (exact) mass is 262 g/mol. The molecule has 1 aromatic rings. The molecule has 0 aliphatic rings. The van der Waals surface area contributed by atoms with Crippen LogP contribution in [0.2, 0.25) is 5.02 Å². The molecule has 1 N–H and O–H groups in total. The van der Waals surface area contributed by atoms with Crippen LogP contribution >= 0.6 is 11.6 Å². The summed E-state index contributed by atoms with van der Waals surface area (Å²) in [4.78, 5) is 3.88. The summed E-state index contributed by atoms with van der Waals surface area (Å²) in [6.07, 6.45) is 2.08. The van der Waals surface area contributed by atoms with E-state index in [-0.39, 0.29) is 11.6 Å². The molecule has 0 atom stereocenters. The lowest BCUT2D eigenvalue weighted by molar-refractivity contribution is 0.578. The average molecular weight is 263 g/mol. The van der Waals surface area contributed by atoms with Crippen LogP contribution in [0.4, 0.5) is 5.82 Å². The van der Waals surface area contributed by atoms with E-state index >= 15 is 0 Å². The maximum atomic E-state index is 11.6. The van der Waals surface area contributed by atoms with Crippen molar-refractivity contribution in [2.75, 3.05) is 10.5 Å². The number of nitrogens with one attached hydrogen (secondary N) is 1. The number of anilines is 1. The van der Waals surface area contributed by atoms with E-state index < -0.39 is 10.0 Å². The minimum Gasteiger partial charge on any atom is -0.267 e. The molecule has 0 radical (unpaired) electrons. The second-order valence-electron chi connectivity index (χ2n) is 3.96. The van der Waals surface area contributed by atoms with E-state index in [9.17, 15) is 8.42 Å². The van der Waals surface area contributed by atoms with E-state index in [2.05, 4.69) is 9.71 Å². The first-order chi connectivity index (χ1) is 7.39. The van der Waals surface area contributed by atoms with Gasteiger partial charge in [0, 0.05) is 17.3 Å². The third-order valence-corrected chi connectivity index (χ3v) is 3.47. The summed E-state index contributed by atoms with van der Waals surface area (Å²) < 4.78 is 25.6. The van der Waals surface area contributed by atoms with Gasteiger partial charge in [0.2, 0.25) is 10.0 Å². The molecule has 16 heavy (non-hydrogen) atoms. The predicted octanol–water partition coefficient (Wildman–Crippen LogP) is 2.52. The highest BCUT2D eigenvalue weighted by molar-refractivity contribution is 7.92. The number of aromatic nitrogens is 1. The van der Waals surface area contributed by atoms with Crippen LogP contribution in [0.25, 0.3) is 0 Å². The number of hydrogen-bond donors (Lipinski definition) is 1. The molecule has 4 nitrogen and oxygen atoms in total. The van der Waals surface area contributed by atoms with Gasteiger partial charge in [-0.05, 0) is 18.4 Å². The molecule has 0 amide bonds. The van der Waals surface area contributed by atoms with E-state index in [1.807, 2.05) is 13.8 Å². The molecule has 6 heteroatoms. The molecule has 0 aliphatic heterocycles. The Balaban J connectivity index is 2.66. The first-order valence-electron chi connectivity index (χ1n) is 5.01. The smallest absolute Gasteiger partial charge is 0.233 e. The van der Waals surface area contributed by atoms with Crippen LogP contribution in [0.15, 0.2) is 18.3 Å². The van der Waals surface area contributed by atoms with Crippen molar-refractivity contribution in [2.24, 2.45) is 5.92 Å². The largest absolute Gasteiger partial charge is 0.267 e. The Morgan fingerprint density at radius 3 is 2.75 bits per heavy atom. The fourth-order valence-electron chi connectivity index (χ4n) is 1.06. The number of sulfonamides is 1. The minimum absolute atomic E-state index is 0.0961. The van der Waals surface area contributed by atoms with Gasteiger partial charge < -0.3 is 0 Å². The molecule has 0 aromatic carbocycles. The molecule has 90 valence electrons. The standard InChI is InChI=1S/C10H15ClN2O2S/c1-8(2)4-6-16(14,15)13-10-7-9(11)3-5-12-10/h3,5,7-8H,4,6H2,1-2H3,(H,12,13). The van der Waals surface area contributed by atoms with Crippen molar-refractivity contribution in [3.63, 3.8) is 0 Å². The summed E-state index contributed by atoms with van der Waals surface area (Å²) in [7, 11) is -3.32. The summed E-state index contributed by atoms with van der Waals surface area (Å²) >= 11 is 5.73. The van der Waals surface area contributed by atoms with Gasteiger partial charge in [0.25, 0.3) is 0 Å². The van der Waals surface area contributed by atoms with Crippen molar-refractivity contribution in [2.45, 2.75) is 20.3 Å². The summed E-state index contributed by atoms with van der Waals surface area (Å²) in [5.74, 6) is 0.707. The van der Waals surface area contributed by atoms with Gasteiger partial charge >= 0.3 is 0 Å². The van der Waals surface area contributed by atoms with Crippen molar-refractivity contribution in [1.29, 1.82) is 0 Å². The zero-order valence-corrected chi connectivity index (χ0v) is 10.8. The van der Waals surface area contributed by atoms with Crippen LogP contribution in [-0.4, -0.2) is 19.2 Å². The quantitative estimate of drug-likeness (QED) is 0.887. The van der Waals surface area contributed by atoms with Gasteiger partial charge in [-0.1, -0.05) is 25.4 Å². The Labute approximate surface area is 101 Å². The number of pyridine rings is 1. The Hall–Kier alpha value is -0.810. The number of halogens is 1. The average Bonchev–Trinajstić information content (AvgIpc) is 2.14. The van der Waals surface area contributed by atoms with E-state index in [0.717, 1.165) is 0 Å². The fourth-order valence-corrected chi connectivity index (χ4v) is 2.54. The molecule has 0 fully saturated rings. The third-order valence-electron chi connectivity index (χ3n) is 1.95. The lowest BCUT2D eigenvalue weighted by atomic mass is 10.2. The zero-order valence-electron chi connectivity index (χ0n) is 9.27. The second kappa shape index (κ2) is 5.50. The van der Waals surface area contributed by atoms with Crippen molar-refractivity contribution in [1.82, 2.24) is 4.98 Å². The van der Waals surface area contributed by atoms with E-state index in [4.69, 9.17) is 11.6 Å². The fraction of sp³-hybridized carbons (Fsp3) is 0.500. The second-order valence-corrected chi connectivity index (χ2v) is 6.24. The lowest BCUT2D eigenvalue weighted by Gasteiger charge is -2.08. The number of rotatable bonds is 5. The van der Waals surface area contributed by atoms with Crippen molar-refractivity contribution < 1.29 is 8.42 Å². The van der Waals surface area contributed by atoms with Crippen LogP contribution < -0.4 is 4.72 Å². The Morgan fingerprint density at radius 2 is 2.19 bits per heavy atom. The third kappa shape index (κ3) is 4.81. The number of hydrogen-bond acceptors (Lipinski definition) is 3. The van der Waals surface area contributed by atoms with E-state index in [1.54, 1.807) is 6.07 Å². The van der Waals surface area contributed by atoms with E-state index in [1.165, 1.54) is 12.3 Å². The molecular weight excluding hydrogens is 248 g/mol. The van der Waals surface area contributed by atoms with Gasteiger partial charge in [0.05, 0.1) is 5.75 Å². The molecular formula is C10H15ClN2O2S. The summed E-state index contributed by atoms with van der Waals surface area (Å²) in [5.41, 5.74) is 0. The van der Waals surface area contributed by atoms with Crippen LogP contribution in [0.1, 0.15) is 20.3 Å². The highest BCUT2D eigenvalue weighted by Gasteiger charge is 2.12. The van der Waals surface area contributed by atoms with Gasteiger partial charge in [-0.15, -0.1) is 0 Å². The van der Waals surface area contributed by atoms with Crippen LogP contribution in [0, 0.1) is 5.92 Å². The van der Waals surface area contributed by atoms with Gasteiger partial charge in [0.1, 0.15) is 5.82 Å². The highest BCUT2D eigenvalue weighted by Crippen LogP contribution is 2.13.